The van der Waals surface area contributed by atoms with Crippen molar-refractivity contribution in [1.82, 2.24) is 20.9 Å². The molecule has 1 heterocycles. The van der Waals surface area contributed by atoms with Crippen LogP contribution in [0.15, 0.2) is 29.3 Å². The first-order chi connectivity index (χ1) is 14.5. The molecule has 0 radical (unpaired) electrons. The van der Waals surface area contributed by atoms with E-state index in [1.165, 1.54) is 0 Å². The van der Waals surface area contributed by atoms with Crippen LogP contribution in [0, 0.1) is 5.41 Å². The number of benzene rings is 1. The number of guanidine groups is 1. The number of hydrogen-bond donors (Lipinski definition) is 4. The van der Waals surface area contributed by atoms with E-state index in [9.17, 15) is 9.90 Å². The average molecular weight is 420 g/mol. The smallest absolute Gasteiger partial charge is 0.251 e. The highest BCUT2D eigenvalue weighted by Crippen LogP contribution is 2.31. The van der Waals surface area contributed by atoms with Gasteiger partial charge in [-0.05, 0) is 51.6 Å². The second-order valence-electron chi connectivity index (χ2n) is 8.08. The lowest BCUT2D eigenvalue weighted by molar-refractivity contribution is 0.0951. The van der Waals surface area contributed by atoms with Gasteiger partial charge in [-0.25, -0.2) is 4.99 Å². The first-order valence-electron chi connectivity index (χ1n) is 10.7. The van der Waals surface area contributed by atoms with E-state index in [1.54, 1.807) is 0 Å². The molecule has 8 heteroatoms. The molecule has 1 aromatic rings. The first kappa shape index (κ1) is 24.1. The topological polar surface area (TPSA) is 98.2 Å². The van der Waals surface area contributed by atoms with Gasteiger partial charge < -0.3 is 30.7 Å². The first-order valence-corrected chi connectivity index (χ1v) is 10.7. The molecule has 30 heavy (non-hydrogen) atoms. The maximum atomic E-state index is 12.3. The standard InChI is InChI=1S/C22H37N5O3/c1-4-23-21(26-16-22(8-12-28)9-13-30-17-22)25-15-18-6-5-7-19(14-18)20(29)24-10-11-27(2)3/h5-7,14,28H,4,8-13,15-17H2,1-3H3,(H,24,29)(H2,23,25,26). The van der Waals surface area contributed by atoms with E-state index in [0.29, 0.717) is 38.2 Å². The summed E-state index contributed by atoms with van der Waals surface area (Å²) in [7, 11) is 3.96. The summed E-state index contributed by atoms with van der Waals surface area (Å²) in [5.41, 5.74) is 1.57. The number of ether oxygens (including phenoxy) is 1. The number of rotatable bonds is 11. The third-order valence-corrected chi connectivity index (χ3v) is 5.26. The zero-order valence-corrected chi connectivity index (χ0v) is 18.5. The number of hydrogen-bond acceptors (Lipinski definition) is 5. The van der Waals surface area contributed by atoms with Crippen molar-refractivity contribution in [2.75, 3.05) is 60.1 Å². The van der Waals surface area contributed by atoms with Crippen LogP contribution in [-0.4, -0.2) is 82.0 Å². The van der Waals surface area contributed by atoms with Crippen LogP contribution < -0.4 is 16.0 Å². The van der Waals surface area contributed by atoms with Gasteiger partial charge in [-0.1, -0.05) is 12.1 Å². The molecule has 0 saturated carbocycles. The van der Waals surface area contributed by atoms with Crippen LogP contribution in [0.25, 0.3) is 0 Å². The third kappa shape index (κ3) is 7.93. The monoisotopic (exact) mass is 419 g/mol. The number of aliphatic hydroxyl groups excluding tert-OH is 1. The van der Waals surface area contributed by atoms with E-state index < -0.39 is 0 Å². The molecule has 1 aliphatic rings. The molecule has 4 N–H and O–H groups in total. The second kappa shape index (κ2) is 12.5. The fraction of sp³-hybridized carbons (Fsp3) is 0.636. The molecule has 0 bridgehead atoms. The minimum absolute atomic E-state index is 0.0461. The Bertz CT molecular complexity index is 687. The highest BCUT2D eigenvalue weighted by atomic mass is 16.5. The van der Waals surface area contributed by atoms with Gasteiger partial charge in [0.15, 0.2) is 5.96 Å². The van der Waals surface area contributed by atoms with E-state index in [4.69, 9.17) is 4.74 Å². The lowest BCUT2D eigenvalue weighted by Crippen LogP contribution is -2.44. The van der Waals surface area contributed by atoms with Crippen LogP contribution in [0.2, 0.25) is 0 Å². The number of amides is 1. The quantitative estimate of drug-likeness (QED) is 0.313. The van der Waals surface area contributed by atoms with E-state index in [2.05, 4.69) is 20.9 Å². The van der Waals surface area contributed by atoms with Crippen LogP contribution in [-0.2, 0) is 11.3 Å². The van der Waals surface area contributed by atoms with E-state index in [-0.39, 0.29) is 17.9 Å². The zero-order chi connectivity index (χ0) is 21.8. The number of likely N-dealkylation sites (N-methyl/N-ethyl adjacent to an activating group) is 1. The Balaban J connectivity index is 1.96. The molecule has 1 aromatic carbocycles. The Morgan fingerprint density at radius 2 is 2.13 bits per heavy atom. The largest absolute Gasteiger partial charge is 0.396 e. The summed E-state index contributed by atoms with van der Waals surface area (Å²) in [5, 5.41) is 19.0. The van der Waals surface area contributed by atoms with E-state index in [0.717, 1.165) is 37.6 Å². The summed E-state index contributed by atoms with van der Waals surface area (Å²) in [5.74, 6) is 0.655. The minimum atomic E-state index is -0.0695. The van der Waals surface area contributed by atoms with Gasteiger partial charge in [0.2, 0.25) is 0 Å². The molecule has 168 valence electrons. The fourth-order valence-corrected chi connectivity index (χ4v) is 3.40. The molecule has 1 unspecified atom stereocenters. The van der Waals surface area contributed by atoms with Crippen molar-refractivity contribution >= 4 is 11.9 Å². The van der Waals surface area contributed by atoms with Crippen molar-refractivity contribution in [3.63, 3.8) is 0 Å². The normalized spacial score (nSPS) is 19.2. The Kier molecular flexibility index (Phi) is 10.1. The van der Waals surface area contributed by atoms with Crippen LogP contribution in [0.4, 0.5) is 0 Å². The Morgan fingerprint density at radius 3 is 2.80 bits per heavy atom. The Labute approximate surface area is 180 Å². The number of aliphatic hydroxyl groups is 1. The summed E-state index contributed by atoms with van der Waals surface area (Å²) in [6.45, 7) is 6.91. The maximum Gasteiger partial charge on any atom is 0.251 e. The van der Waals surface area contributed by atoms with Crippen LogP contribution in [0.3, 0.4) is 0 Å². The molecular formula is C22H37N5O3. The number of aliphatic imine (C=N–C) groups is 1. The second-order valence-corrected chi connectivity index (χ2v) is 8.08. The predicted octanol–water partition coefficient (Wildman–Crippen LogP) is 0.822. The molecule has 8 nitrogen and oxygen atoms in total. The van der Waals surface area contributed by atoms with Gasteiger partial charge >= 0.3 is 0 Å². The summed E-state index contributed by atoms with van der Waals surface area (Å²) in [6, 6.07) is 7.57. The van der Waals surface area contributed by atoms with Gasteiger partial charge in [-0.15, -0.1) is 0 Å². The van der Waals surface area contributed by atoms with E-state index >= 15 is 0 Å². The number of carbonyl (C=O) groups excluding carboxylic acids is 1. The highest BCUT2D eigenvalue weighted by molar-refractivity contribution is 5.94. The minimum Gasteiger partial charge on any atom is -0.396 e. The number of nitrogens with zero attached hydrogens (tertiary/aromatic N) is 2. The van der Waals surface area contributed by atoms with Crippen molar-refractivity contribution < 1.29 is 14.6 Å². The van der Waals surface area contributed by atoms with Crippen molar-refractivity contribution in [1.29, 1.82) is 0 Å². The molecule has 1 saturated heterocycles. The molecule has 1 atom stereocenters. The van der Waals surface area contributed by atoms with Crippen molar-refractivity contribution in [3.8, 4) is 0 Å². The number of nitrogens with one attached hydrogen (secondary N) is 3. The SMILES string of the molecule is CCNC(=NCc1cccc(C(=O)NCCN(C)C)c1)NCC1(CCO)CCOC1. The average Bonchev–Trinajstić information content (AvgIpc) is 3.19. The third-order valence-electron chi connectivity index (χ3n) is 5.26. The van der Waals surface area contributed by atoms with Gasteiger partial charge in [0.25, 0.3) is 5.91 Å². The Morgan fingerprint density at radius 1 is 1.30 bits per heavy atom. The summed E-state index contributed by atoms with van der Waals surface area (Å²) in [4.78, 5) is 19.0. The molecule has 1 fully saturated rings. The fourth-order valence-electron chi connectivity index (χ4n) is 3.40. The lowest BCUT2D eigenvalue weighted by atomic mass is 9.84. The Hall–Kier alpha value is -2.16. The van der Waals surface area contributed by atoms with Crippen LogP contribution in [0.1, 0.15) is 35.7 Å². The predicted molar refractivity (Wildman–Crippen MR) is 120 cm³/mol. The summed E-state index contributed by atoms with van der Waals surface area (Å²) in [6.07, 6.45) is 1.65. The molecule has 1 aliphatic heterocycles. The highest BCUT2D eigenvalue weighted by Gasteiger charge is 2.34. The van der Waals surface area contributed by atoms with Crippen molar-refractivity contribution in [2.45, 2.75) is 26.3 Å². The lowest BCUT2D eigenvalue weighted by Gasteiger charge is -2.27. The molecule has 2 rings (SSSR count). The molecule has 0 aliphatic carbocycles. The van der Waals surface area contributed by atoms with Crippen molar-refractivity contribution in [2.24, 2.45) is 10.4 Å². The van der Waals surface area contributed by atoms with Gasteiger partial charge in [-0.3, -0.25) is 4.79 Å². The van der Waals surface area contributed by atoms with Gasteiger partial charge in [0.1, 0.15) is 0 Å². The summed E-state index contributed by atoms with van der Waals surface area (Å²) < 4.78 is 5.56. The molecule has 1 amide bonds. The molecule has 0 aromatic heterocycles. The number of carbonyl (C=O) groups is 1. The molecular weight excluding hydrogens is 382 g/mol. The molecule has 0 spiro atoms. The summed E-state index contributed by atoms with van der Waals surface area (Å²) >= 11 is 0. The zero-order valence-electron chi connectivity index (χ0n) is 18.5. The van der Waals surface area contributed by atoms with Crippen LogP contribution in [0.5, 0.6) is 0 Å². The maximum absolute atomic E-state index is 12.3. The van der Waals surface area contributed by atoms with Gasteiger partial charge in [0.05, 0.1) is 13.2 Å². The van der Waals surface area contributed by atoms with Gasteiger partial charge in [-0.2, -0.15) is 0 Å². The van der Waals surface area contributed by atoms with E-state index in [1.807, 2.05) is 50.2 Å². The van der Waals surface area contributed by atoms with Crippen LogP contribution >= 0.6 is 0 Å². The van der Waals surface area contributed by atoms with Crippen molar-refractivity contribution in [3.05, 3.63) is 35.4 Å². The van der Waals surface area contributed by atoms with Gasteiger partial charge in [0, 0.05) is 50.4 Å².